The van der Waals surface area contributed by atoms with E-state index in [2.05, 4.69) is 10.4 Å². The van der Waals surface area contributed by atoms with E-state index in [0.717, 1.165) is 28.1 Å². The molecule has 0 atom stereocenters. The zero-order chi connectivity index (χ0) is 21.3. The highest BCUT2D eigenvalue weighted by atomic mass is 16.2. The van der Waals surface area contributed by atoms with Gasteiger partial charge >= 0.3 is 5.69 Å². The van der Waals surface area contributed by atoms with Crippen LogP contribution < -0.4 is 11.0 Å². The molecule has 0 aliphatic rings. The molecule has 0 radical (unpaired) electrons. The molecule has 0 aliphatic carbocycles. The van der Waals surface area contributed by atoms with Crippen molar-refractivity contribution < 1.29 is 4.79 Å². The molecule has 2 heterocycles. The molecule has 4 rings (SSSR count). The fourth-order valence-electron chi connectivity index (χ4n) is 3.84. The lowest BCUT2D eigenvalue weighted by Crippen LogP contribution is -2.25. The minimum absolute atomic E-state index is 0.0852. The third kappa shape index (κ3) is 3.66. The summed E-state index contributed by atoms with van der Waals surface area (Å²) in [5.41, 5.74) is 5.22. The normalized spacial score (nSPS) is 11.2. The number of nitrogens with zero attached hydrogens (tertiary/aromatic N) is 4. The van der Waals surface area contributed by atoms with E-state index in [-0.39, 0.29) is 18.0 Å². The van der Waals surface area contributed by atoms with Gasteiger partial charge in [0, 0.05) is 30.9 Å². The number of aromatic nitrogens is 4. The van der Waals surface area contributed by atoms with Crippen LogP contribution in [0.4, 0.5) is 5.69 Å². The highest BCUT2D eigenvalue weighted by Gasteiger charge is 2.13. The van der Waals surface area contributed by atoms with Crippen molar-refractivity contribution in [2.75, 3.05) is 5.32 Å². The lowest BCUT2D eigenvalue weighted by Gasteiger charge is -2.09. The number of rotatable bonds is 6. The number of hydrogen-bond acceptors (Lipinski definition) is 3. The third-order valence-electron chi connectivity index (χ3n) is 5.19. The van der Waals surface area contributed by atoms with Gasteiger partial charge in [0.15, 0.2) is 0 Å². The summed E-state index contributed by atoms with van der Waals surface area (Å²) in [5, 5.41) is 7.42. The topological polar surface area (TPSA) is 73.8 Å². The standard InChI is InChI=1S/C23H25N5O2/c1-4-26-20-10-5-6-11-21(20)27(23(26)30)13-12-22(29)24-18-8-7-9-19(15-18)28-17(3)14-16(2)25-28/h5-11,14-15H,4,12-13H2,1-3H3,(H,24,29). The molecule has 0 saturated carbocycles. The van der Waals surface area contributed by atoms with E-state index >= 15 is 0 Å². The van der Waals surface area contributed by atoms with Gasteiger partial charge in [0.2, 0.25) is 5.91 Å². The first-order chi connectivity index (χ1) is 14.5. The second-order valence-corrected chi connectivity index (χ2v) is 7.35. The van der Waals surface area contributed by atoms with E-state index in [1.807, 2.05) is 80.1 Å². The molecule has 7 heteroatoms. The average Bonchev–Trinajstić information content (AvgIpc) is 3.21. The number of fused-ring (bicyclic) bond motifs is 1. The minimum atomic E-state index is -0.138. The van der Waals surface area contributed by atoms with Gasteiger partial charge in [-0.05, 0) is 57.2 Å². The Labute approximate surface area is 174 Å². The van der Waals surface area contributed by atoms with Gasteiger partial charge in [0.05, 0.1) is 22.4 Å². The van der Waals surface area contributed by atoms with E-state index in [1.54, 1.807) is 9.13 Å². The van der Waals surface area contributed by atoms with Crippen LogP contribution in [0.3, 0.4) is 0 Å². The lowest BCUT2D eigenvalue weighted by molar-refractivity contribution is -0.116. The minimum Gasteiger partial charge on any atom is -0.326 e. The molecule has 2 aromatic heterocycles. The lowest BCUT2D eigenvalue weighted by atomic mass is 10.2. The number of benzene rings is 2. The van der Waals surface area contributed by atoms with Crippen LogP contribution in [0, 0.1) is 13.8 Å². The molecule has 2 aromatic carbocycles. The monoisotopic (exact) mass is 403 g/mol. The van der Waals surface area contributed by atoms with E-state index in [4.69, 9.17) is 0 Å². The Bertz CT molecular complexity index is 1280. The number of aryl methyl sites for hydroxylation is 4. The quantitative estimate of drug-likeness (QED) is 0.534. The van der Waals surface area contributed by atoms with Crippen molar-refractivity contribution in [1.29, 1.82) is 0 Å². The molecule has 1 N–H and O–H groups in total. The maximum absolute atomic E-state index is 12.7. The fraction of sp³-hybridized carbons (Fsp3) is 0.261. The van der Waals surface area contributed by atoms with Crippen molar-refractivity contribution in [1.82, 2.24) is 18.9 Å². The Morgan fingerprint density at radius 2 is 1.73 bits per heavy atom. The van der Waals surface area contributed by atoms with E-state index in [1.165, 1.54) is 0 Å². The van der Waals surface area contributed by atoms with E-state index in [9.17, 15) is 9.59 Å². The van der Waals surface area contributed by atoms with Crippen molar-refractivity contribution in [3.05, 3.63) is 76.5 Å². The van der Waals surface area contributed by atoms with Crippen LogP contribution in [-0.4, -0.2) is 24.8 Å². The Morgan fingerprint density at radius 3 is 2.40 bits per heavy atom. The van der Waals surface area contributed by atoms with Gasteiger partial charge in [-0.1, -0.05) is 18.2 Å². The summed E-state index contributed by atoms with van der Waals surface area (Å²) in [6.45, 7) is 6.82. The van der Waals surface area contributed by atoms with Crippen LogP contribution in [0.2, 0.25) is 0 Å². The molecule has 4 aromatic rings. The predicted octanol–water partition coefficient (Wildman–Crippen LogP) is 3.65. The summed E-state index contributed by atoms with van der Waals surface area (Å²) in [5.74, 6) is -0.138. The number of nitrogens with one attached hydrogen (secondary N) is 1. The number of carbonyl (C=O) groups is 1. The first-order valence-electron chi connectivity index (χ1n) is 10.1. The van der Waals surface area contributed by atoms with Gasteiger partial charge in [-0.25, -0.2) is 9.48 Å². The number of carbonyl (C=O) groups excluding carboxylic acids is 1. The van der Waals surface area contributed by atoms with Crippen molar-refractivity contribution in [3.8, 4) is 5.69 Å². The molecule has 0 saturated heterocycles. The Kier molecular flexibility index (Phi) is 5.27. The summed E-state index contributed by atoms with van der Waals surface area (Å²) in [7, 11) is 0. The van der Waals surface area contributed by atoms with Gasteiger partial charge in [-0.3, -0.25) is 13.9 Å². The average molecular weight is 403 g/mol. The first kappa shape index (κ1) is 19.7. The molecular weight excluding hydrogens is 378 g/mol. The van der Waals surface area contributed by atoms with Crippen molar-refractivity contribution in [3.63, 3.8) is 0 Å². The van der Waals surface area contributed by atoms with Crippen molar-refractivity contribution >= 4 is 22.6 Å². The van der Waals surface area contributed by atoms with Crippen LogP contribution in [-0.2, 0) is 17.9 Å². The second-order valence-electron chi connectivity index (χ2n) is 7.35. The van der Waals surface area contributed by atoms with Gasteiger partial charge in [0.25, 0.3) is 0 Å². The Morgan fingerprint density at radius 1 is 1.00 bits per heavy atom. The number of amides is 1. The maximum atomic E-state index is 12.7. The van der Waals surface area contributed by atoms with Crippen LogP contribution in [0.25, 0.3) is 16.7 Å². The number of imidazole rings is 1. The smallest absolute Gasteiger partial charge is 0.326 e. The first-order valence-corrected chi connectivity index (χ1v) is 10.1. The zero-order valence-corrected chi connectivity index (χ0v) is 17.4. The summed E-state index contributed by atoms with van der Waals surface area (Å²) in [6, 6.07) is 17.3. The molecular formula is C23H25N5O2. The fourth-order valence-corrected chi connectivity index (χ4v) is 3.84. The zero-order valence-electron chi connectivity index (χ0n) is 17.4. The molecule has 0 fully saturated rings. The largest absolute Gasteiger partial charge is 0.329 e. The van der Waals surface area contributed by atoms with Crippen LogP contribution in [0.1, 0.15) is 24.7 Å². The highest BCUT2D eigenvalue weighted by Crippen LogP contribution is 2.17. The Balaban J connectivity index is 1.50. The van der Waals surface area contributed by atoms with Gasteiger partial charge in [-0.2, -0.15) is 5.10 Å². The number of para-hydroxylation sites is 2. The van der Waals surface area contributed by atoms with Gasteiger partial charge in [-0.15, -0.1) is 0 Å². The molecule has 0 bridgehead atoms. The third-order valence-corrected chi connectivity index (χ3v) is 5.19. The number of hydrogen-bond donors (Lipinski definition) is 1. The summed E-state index contributed by atoms with van der Waals surface area (Å²) >= 11 is 0. The number of anilines is 1. The van der Waals surface area contributed by atoms with Crippen molar-refractivity contribution in [2.24, 2.45) is 0 Å². The molecule has 0 aliphatic heterocycles. The van der Waals surface area contributed by atoms with Gasteiger partial charge in [0.1, 0.15) is 0 Å². The van der Waals surface area contributed by atoms with Gasteiger partial charge < -0.3 is 5.32 Å². The maximum Gasteiger partial charge on any atom is 0.329 e. The SMILES string of the molecule is CCn1c(=O)n(CCC(=O)Nc2cccc(-n3nc(C)cc3C)c2)c2ccccc21. The molecule has 0 unspecified atom stereocenters. The Hall–Kier alpha value is -3.61. The summed E-state index contributed by atoms with van der Waals surface area (Å²) in [4.78, 5) is 25.3. The molecule has 7 nitrogen and oxygen atoms in total. The van der Waals surface area contributed by atoms with Crippen molar-refractivity contribution in [2.45, 2.75) is 40.3 Å². The van der Waals surface area contributed by atoms with E-state index < -0.39 is 0 Å². The molecule has 30 heavy (non-hydrogen) atoms. The van der Waals surface area contributed by atoms with E-state index in [0.29, 0.717) is 18.8 Å². The predicted molar refractivity (Wildman–Crippen MR) is 118 cm³/mol. The molecule has 0 spiro atoms. The molecule has 154 valence electrons. The van der Waals surface area contributed by atoms with Crippen LogP contribution in [0.5, 0.6) is 0 Å². The molecule has 1 amide bonds. The summed E-state index contributed by atoms with van der Waals surface area (Å²) < 4.78 is 5.25. The van der Waals surface area contributed by atoms with Crippen LogP contribution >= 0.6 is 0 Å². The van der Waals surface area contributed by atoms with Crippen LogP contribution in [0.15, 0.2) is 59.4 Å². The highest BCUT2D eigenvalue weighted by molar-refractivity contribution is 5.91. The second kappa shape index (κ2) is 8.02. The summed E-state index contributed by atoms with van der Waals surface area (Å²) in [6.07, 6.45) is 0.210.